The minimum absolute atomic E-state index is 0.0852. The van der Waals surface area contributed by atoms with E-state index in [-0.39, 0.29) is 5.56 Å². The summed E-state index contributed by atoms with van der Waals surface area (Å²) >= 11 is 3.36. The van der Waals surface area contributed by atoms with Gasteiger partial charge in [0, 0.05) is 27.6 Å². The number of aromatic hydroxyl groups is 1. The van der Waals surface area contributed by atoms with E-state index < -0.39 is 23.2 Å². The van der Waals surface area contributed by atoms with Crippen molar-refractivity contribution < 1.29 is 9.84 Å². The number of fused-ring (bicyclic) bond motifs is 3. The number of aromatic nitrogens is 3. The topological polar surface area (TPSA) is 112 Å². The van der Waals surface area contributed by atoms with Gasteiger partial charge in [-0.15, -0.1) is 0 Å². The van der Waals surface area contributed by atoms with E-state index in [1.54, 1.807) is 31.4 Å². The highest BCUT2D eigenvalue weighted by atomic mass is 79.9. The quantitative estimate of drug-likeness (QED) is 0.358. The van der Waals surface area contributed by atoms with Crippen LogP contribution in [-0.4, -0.2) is 33.3 Å². The maximum Gasteiger partial charge on any atom is 0.335 e. The fraction of sp³-hybridized carbons (Fsp3) is 0.182. The molecule has 9 heteroatoms. The molecule has 0 spiro atoms. The Kier molecular flexibility index (Phi) is 4.71. The summed E-state index contributed by atoms with van der Waals surface area (Å²) in [6.45, 7) is 0.609. The molecule has 1 aliphatic rings. The molecule has 4 N–H and O–H groups in total. The van der Waals surface area contributed by atoms with Crippen LogP contribution in [0, 0.1) is 0 Å². The van der Waals surface area contributed by atoms with Crippen molar-refractivity contribution in [2.24, 2.45) is 0 Å². The largest absolute Gasteiger partial charge is 0.497 e. The molecule has 0 fully saturated rings. The number of hydrogen-bond acceptors (Lipinski definition) is 5. The molecule has 0 radical (unpaired) electrons. The third-order valence-electron chi connectivity index (χ3n) is 5.65. The number of hydrogen-bond donors (Lipinski definition) is 4. The molecule has 0 saturated carbocycles. The smallest absolute Gasteiger partial charge is 0.335 e. The predicted molar refractivity (Wildman–Crippen MR) is 120 cm³/mol. The Balaban J connectivity index is 1.72. The highest BCUT2D eigenvalue weighted by molar-refractivity contribution is 9.10. The first kappa shape index (κ1) is 19.7. The highest BCUT2D eigenvalue weighted by Crippen LogP contribution is 2.36. The zero-order valence-corrected chi connectivity index (χ0v) is 18.1. The normalized spacial score (nSPS) is 15.7. The summed E-state index contributed by atoms with van der Waals surface area (Å²) < 4.78 is 7.29. The fourth-order valence-electron chi connectivity index (χ4n) is 4.21. The lowest BCUT2D eigenvalue weighted by atomic mass is 9.95. The second-order valence-corrected chi connectivity index (χ2v) is 8.29. The van der Waals surface area contributed by atoms with Crippen LogP contribution in [0.5, 0.6) is 11.6 Å². The Bertz CT molecular complexity index is 1420. The third kappa shape index (κ3) is 3.17. The van der Waals surface area contributed by atoms with Crippen molar-refractivity contribution in [1.29, 1.82) is 0 Å². The summed E-state index contributed by atoms with van der Waals surface area (Å²) in [7, 11) is 1.62. The van der Waals surface area contributed by atoms with Gasteiger partial charge in [-0.3, -0.25) is 9.78 Å². The number of nitrogens with zero attached hydrogens (tertiary/aromatic N) is 1. The van der Waals surface area contributed by atoms with E-state index >= 15 is 0 Å². The van der Waals surface area contributed by atoms with Crippen LogP contribution >= 0.6 is 15.9 Å². The molecular formula is C22H19BrN4O4. The Morgan fingerprint density at radius 3 is 2.65 bits per heavy atom. The van der Waals surface area contributed by atoms with Gasteiger partial charge < -0.3 is 20.1 Å². The van der Waals surface area contributed by atoms with Crippen LogP contribution < -0.4 is 21.3 Å². The maximum absolute atomic E-state index is 12.8. The minimum Gasteiger partial charge on any atom is -0.497 e. The predicted octanol–water partition coefficient (Wildman–Crippen LogP) is 2.72. The molecule has 0 aliphatic carbocycles. The SMILES string of the molecule is COc1ccc2[nH]c3c(c2c1)CCN[C@@H]3c1c(O)n(-c2ccc(Br)cc2)c(=O)[nH]c1=O. The van der Waals surface area contributed by atoms with Crippen LogP contribution in [0.3, 0.4) is 0 Å². The summed E-state index contributed by atoms with van der Waals surface area (Å²) in [6, 6.07) is 12.0. The van der Waals surface area contributed by atoms with E-state index in [0.29, 0.717) is 12.2 Å². The van der Waals surface area contributed by atoms with Gasteiger partial charge in [-0.1, -0.05) is 15.9 Å². The van der Waals surface area contributed by atoms with Gasteiger partial charge in [-0.25, -0.2) is 9.36 Å². The van der Waals surface area contributed by atoms with Crippen LogP contribution in [0.1, 0.15) is 22.9 Å². The molecule has 1 atom stereocenters. The Morgan fingerprint density at radius 1 is 1.13 bits per heavy atom. The van der Waals surface area contributed by atoms with E-state index in [9.17, 15) is 14.7 Å². The average Bonchev–Trinajstić information content (AvgIpc) is 3.13. The van der Waals surface area contributed by atoms with Crippen LogP contribution in [-0.2, 0) is 6.42 Å². The molecule has 0 unspecified atom stereocenters. The van der Waals surface area contributed by atoms with Gasteiger partial charge in [0.1, 0.15) is 11.3 Å². The fourth-order valence-corrected chi connectivity index (χ4v) is 4.47. The molecule has 31 heavy (non-hydrogen) atoms. The van der Waals surface area contributed by atoms with Crippen molar-refractivity contribution >= 4 is 26.8 Å². The van der Waals surface area contributed by atoms with Crippen molar-refractivity contribution in [1.82, 2.24) is 19.9 Å². The standard InChI is InChI=1S/C22H19BrN4O4/c1-31-13-6-7-16-15(10-13)14-8-9-24-19(18(14)25-16)17-20(28)26-22(30)27(21(17)29)12-4-2-11(23)3-5-12/h2-7,10,19,24-25,29H,8-9H2,1H3,(H,26,28,30)/t19-/m1/s1. The summed E-state index contributed by atoms with van der Waals surface area (Å²) in [5.74, 6) is 0.353. The zero-order chi connectivity index (χ0) is 21.7. The molecule has 0 saturated heterocycles. The summed E-state index contributed by atoms with van der Waals surface area (Å²) in [4.78, 5) is 31.1. The maximum atomic E-state index is 12.8. The minimum atomic E-state index is -0.703. The molecular weight excluding hydrogens is 464 g/mol. The lowest BCUT2D eigenvalue weighted by molar-refractivity contribution is 0.409. The van der Waals surface area contributed by atoms with E-state index in [4.69, 9.17) is 4.74 Å². The van der Waals surface area contributed by atoms with Gasteiger partial charge in [0.05, 0.1) is 18.8 Å². The monoisotopic (exact) mass is 482 g/mol. The van der Waals surface area contributed by atoms with Gasteiger partial charge in [-0.2, -0.15) is 0 Å². The summed E-state index contributed by atoms with van der Waals surface area (Å²) in [5.41, 5.74) is 1.96. The lowest BCUT2D eigenvalue weighted by Crippen LogP contribution is -2.38. The lowest BCUT2D eigenvalue weighted by Gasteiger charge is -2.25. The number of rotatable bonds is 3. The van der Waals surface area contributed by atoms with Gasteiger partial charge in [0.25, 0.3) is 5.56 Å². The zero-order valence-electron chi connectivity index (χ0n) is 16.5. The molecule has 3 heterocycles. The van der Waals surface area contributed by atoms with Crippen LogP contribution in [0.4, 0.5) is 0 Å². The first-order chi connectivity index (χ1) is 15.0. The summed E-state index contributed by atoms with van der Waals surface area (Å²) in [5, 5.41) is 15.4. The molecule has 2 aromatic carbocycles. The van der Waals surface area contributed by atoms with Gasteiger partial charge >= 0.3 is 5.69 Å². The Hall–Kier alpha value is -3.30. The number of ether oxygens (including phenoxy) is 1. The molecule has 2 aromatic heterocycles. The number of methoxy groups -OCH3 is 1. The Labute approximate surface area is 184 Å². The third-order valence-corrected chi connectivity index (χ3v) is 6.18. The van der Waals surface area contributed by atoms with E-state index in [1.165, 1.54) is 0 Å². The highest BCUT2D eigenvalue weighted by Gasteiger charge is 2.31. The van der Waals surface area contributed by atoms with E-state index in [1.807, 2.05) is 18.2 Å². The molecule has 4 aromatic rings. The molecule has 158 valence electrons. The Morgan fingerprint density at radius 2 is 1.90 bits per heavy atom. The van der Waals surface area contributed by atoms with Gasteiger partial charge in [-0.05, 0) is 54.4 Å². The van der Waals surface area contributed by atoms with E-state index in [2.05, 4.69) is 31.2 Å². The van der Waals surface area contributed by atoms with Crippen LogP contribution in [0.25, 0.3) is 16.6 Å². The van der Waals surface area contributed by atoms with Crippen LogP contribution in [0.15, 0.2) is 56.5 Å². The molecule has 5 rings (SSSR count). The van der Waals surface area contributed by atoms with E-state index in [0.717, 1.165) is 43.4 Å². The van der Waals surface area contributed by atoms with Crippen molar-refractivity contribution in [2.45, 2.75) is 12.5 Å². The van der Waals surface area contributed by atoms with Crippen molar-refractivity contribution in [3.8, 4) is 17.3 Å². The van der Waals surface area contributed by atoms with Crippen molar-refractivity contribution in [3.05, 3.63) is 84.6 Å². The summed E-state index contributed by atoms with van der Waals surface area (Å²) in [6.07, 6.45) is 0.754. The first-order valence-electron chi connectivity index (χ1n) is 9.74. The number of H-pyrrole nitrogens is 2. The first-order valence-corrected chi connectivity index (χ1v) is 10.5. The molecule has 8 nitrogen and oxygen atoms in total. The second kappa shape index (κ2) is 7.44. The van der Waals surface area contributed by atoms with Crippen molar-refractivity contribution in [2.75, 3.05) is 13.7 Å². The molecule has 0 amide bonds. The number of nitrogens with one attached hydrogen (secondary N) is 3. The molecule has 1 aliphatic heterocycles. The van der Waals surface area contributed by atoms with Crippen molar-refractivity contribution in [3.63, 3.8) is 0 Å². The van der Waals surface area contributed by atoms with Gasteiger partial charge in [0.15, 0.2) is 0 Å². The molecule has 0 bridgehead atoms. The van der Waals surface area contributed by atoms with Gasteiger partial charge in [0.2, 0.25) is 5.88 Å². The average molecular weight is 483 g/mol. The number of aromatic amines is 2. The second-order valence-electron chi connectivity index (χ2n) is 7.37. The number of benzene rings is 2. The van der Waals surface area contributed by atoms with Crippen LogP contribution in [0.2, 0.25) is 0 Å². The number of halogens is 1.